The first kappa shape index (κ1) is 30.9. The predicted molar refractivity (Wildman–Crippen MR) is 169 cm³/mol. The Bertz CT molecular complexity index is 1620. The number of allylic oxidation sites excluding steroid dienone is 4. The molecule has 0 radical (unpaired) electrons. The summed E-state index contributed by atoms with van der Waals surface area (Å²) in [5.74, 6) is -0.153. The van der Waals surface area contributed by atoms with Crippen molar-refractivity contribution in [2.45, 2.75) is 0 Å². The van der Waals surface area contributed by atoms with Gasteiger partial charge in [0.25, 0.3) is 0 Å². The van der Waals surface area contributed by atoms with Gasteiger partial charge in [-0.05, 0) is 97.1 Å². The second-order valence-electron chi connectivity index (χ2n) is 10.0. The summed E-state index contributed by atoms with van der Waals surface area (Å²) >= 11 is 0. The number of carbonyl (C=O) groups is 2. The number of pyridine rings is 2. The van der Waals surface area contributed by atoms with Crippen LogP contribution in [0.2, 0.25) is 0 Å². The average Bonchev–Trinajstić information content (AvgIpc) is 3.01. The van der Waals surface area contributed by atoms with Crippen LogP contribution in [-0.2, 0) is 16.5 Å². The van der Waals surface area contributed by atoms with Gasteiger partial charge in [-0.15, -0.1) is 0 Å². The molecule has 6 rings (SSSR count). The zero-order chi connectivity index (χ0) is 29.6. The zero-order valence-corrected chi connectivity index (χ0v) is 25.2. The molecule has 0 spiro atoms. The van der Waals surface area contributed by atoms with Crippen molar-refractivity contribution in [1.82, 2.24) is 9.97 Å². The summed E-state index contributed by atoms with van der Waals surface area (Å²) in [4.78, 5) is 45.2. The van der Waals surface area contributed by atoms with E-state index < -0.39 is 0 Å². The first-order valence-electron chi connectivity index (χ1n) is 13.4. The fourth-order valence-corrected chi connectivity index (χ4v) is 4.39. The molecule has 0 aliphatic heterocycles. The summed E-state index contributed by atoms with van der Waals surface area (Å²) < 4.78 is 0. The van der Waals surface area contributed by atoms with Crippen LogP contribution < -0.4 is 9.80 Å². The van der Waals surface area contributed by atoms with Gasteiger partial charge in [0.2, 0.25) is 11.6 Å². The minimum absolute atomic E-state index is 0. The Labute approximate surface area is 261 Å². The number of benzene rings is 2. The van der Waals surface area contributed by atoms with E-state index >= 15 is 0 Å². The predicted octanol–water partition coefficient (Wildman–Crippen LogP) is 6.04. The molecule has 2 aliphatic carbocycles. The van der Waals surface area contributed by atoms with Crippen molar-refractivity contribution in [1.29, 1.82) is 0 Å². The molecule has 0 amide bonds. The first-order chi connectivity index (χ1) is 20.3. The third kappa shape index (κ3) is 7.26. The van der Waals surface area contributed by atoms with Gasteiger partial charge in [-0.2, -0.15) is 0 Å². The number of rotatable bonds is 4. The van der Waals surface area contributed by atoms with Crippen molar-refractivity contribution in [2.75, 3.05) is 38.0 Å². The van der Waals surface area contributed by atoms with E-state index in [9.17, 15) is 9.59 Å². The second kappa shape index (κ2) is 13.8. The first-order valence-corrected chi connectivity index (χ1v) is 13.4. The number of aliphatic imine (C=N–C) groups is 2. The van der Waals surface area contributed by atoms with E-state index in [1.807, 2.05) is 111 Å². The van der Waals surface area contributed by atoms with Crippen LogP contribution in [0.1, 0.15) is 32.1 Å². The molecule has 0 atom stereocenters. The van der Waals surface area contributed by atoms with E-state index in [0.717, 1.165) is 45.3 Å². The standard InChI is InChI=1S/2C17H15N3O.Ni/c2*1-20(2)13-7-5-12(6-8-13)19-15-9-10-16(21)17-14(15)4-3-11-18-17;/h2*3-11H,1-2H3;/b2*19-15+;. The van der Waals surface area contributed by atoms with Crippen molar-refractivity contribution >= 4 is 45.7 Å². The second-order valence-corrected chi connectivity index (χ2v) is 10.0. The molecule has 0 saturated carbocycles. The number of hydrogen-bond donors (Lipinski definition) is 0. The largest absolute Gasteiger partial charge is 0.378 e. The van der Waals surface area contributed by atoms with Gasteiger partial charge >= 0.3 is 0 Å². The molecule has 2 aliphatic rings. The van der Waals surface area contributed by atoms with Crippen LogP contribution in [0.5, 0.6) is 0 Å². The van der Waals surface area contributed by atoms with Gasteiger partial charge in [-0.3, -0.25) is 19.6 Å². The van der Waals surface area contributed by atoms with E-state index in [4.69, 9.17) is 0 Å². The molecule has 0 saturated heterocycles. The SMILES string of the molecule is CN(C)c1ccc(/N=C2\C=CC(=O)c3ncccc32)cc1.CN(C)c1ccc(/N=C2\C=CC(=O)c3ncccc32)cc1.[Ni]. The fraction of sp³-hybridized carbons (Fsp3) is 0.118. The maximum absolute atomic E-state index is 11.8. The maximum atomic E-state index is 11.8. The molecule has 0 unspecified atom stereocenters. The Morgan fingerprint density at radius 2 is 0.907 bits per heavy atom. The molecule has 9 heteroatoms. The topological polar surface area (TPSA) is 91.1 Å². The molecule has 0 fully saturated rings. The summed E-state index contributed by atoms with van der Waals surface area (Å²) in [6.07, 6.45) is 9.77. The number of carbonyl (C=O) groups excluding carboxylic acids is 2. The summed E-state index contributed by atoms with van der Waals surface area (Å²) in [6, 6.07) is 23.3. The summed E-state index contributed by atoms with van der Waals surface area (Å²) in [7, 11) is 7.99. The molecule has 2 heterocycles. The van der Waals surface area contributed by atoms with Crippen LogP contribution in [0.25, 0.3) is 0 Å². The molecule has 4 aromatic rings. The number of ketones is 2. The average molecular weight is 613 g/mol. The molecule has 218 valence electrons. The normalized spacial score (nSPS) is 14.8. The van der Waals surface area contributed by atoms with E-state index in [2.05, 4.69) is 20.0 Å². The van der Waals surface area contributed by atoms with Crippen LogP contribution in [0, 0.1) is 0 Å². The van der Waals surface area contributed by atoms with Crippen molar-refractivity contribution in [3.05, 3.63) is 132 Å². The van der Waals surface area contributed by atoms with Gasteiger partial charge < -0.3 is 9.80 Å². The van der Waals surface area contributed by atoms with Crippen LogP contribution in [0.3, 0.4) is 0 Å². The van der Waals surface area contributed by atoms with Crippen LogP contribution in [0.15, 0.2) is 119 Å². The van der Waals surface area contributed by atoms with Gasteiger partial charge in [0.15, 0.2) is 0 Å². The molecule has 2 aromatic heterocycles. The minimum Gasteiger partial charge on any atom is -0.378 e. The van der Waals surface area contributed by atoms with Crippen LogP contribution in [0.4, 0.5) is 22.7 Å². The molecule has 43 heavy (non-hydrogen) atoms. The van der Waals surface area contributed by atoms with E-state index in [-0.39, 0.29) is 28.1 Å². The van der Waals surface area contributed by atoms with E-state index in [1.54, 1.807) is 24.5 Å². The van der Waals surface area contributed by atoms with E-state index in [1.165, 1.54) is 12.2 Å². The Balaban J connectivity index is 0.000000192. The molecule has 0 bridgehead atoms. The smallest absolute Gasteiger partial charge is 0.204 e. The molecule has 0 N–H and O–H groups in total. The van der Waals surface area contributed by atoms with Crippen molar-refractivity contribution in [3.63, 3.8) is 0 Å². The van der Waals surface area contributed by atoms with Gasteiger partial charge in [-0.25, -0.2) is 9.98 Å². The Kier molecular flexibility index (Phi) is 9.91. The number of fused-ring (bicyclic) bond motifs is 2. The summed E-state index contributed by atoms with van der Waals surface area (Å²) in [6.45, 7) is 0. The van der Waals surface area contributed by atoms with Crippen LogP contribution in [-0.4, -0.2) is 61.1 Å². The number of anilines is 2. The number of hydrogen-bond acceptors (Lipinski definition) is 8. The van der Waals surface area contributed by atoms with E-state index in [0.29, 0.717) is 11.4 Å². The molecular weight excluding hydrogens is 583 g/mol. The Hall–Kier alpha value is -5.01. The van der Waals surface area contributed by atoms with Gasteiger partial charge in [0.1, 0.15) is 11.4 Å². The number of aromatic nitrogens is 2. The quantitative estimate of drug-likeness (QED) is 0.261. The van der Waals surface area contributed by atoms with Gasteiger partial charge in [-0.1, -0.05) is 0 Å². The third-order valence-electron chi connectivity index (χ3n) is 6.65. The fourth-order valence-electron chi connectivity index (χ4n) is 4.39. The van der Waals surface area contributed by atoms with Crippen LogP contribution >= 0.6 is 0 Å². The Morgan fingerprint density at radius 3 is 1.26 bits per heavy atom. The van der Waals surface area contributed by atoms with Gasteiger partial charge in [0.05, 0.1) is 22.8 Å². The van der Waals surface area contributed by atoms with Gasteiger partial charge in [0, 0.05) is 79.6 Å². The third-order valence-corrected chi connectivity index (χ3v) is 6.65. The van der Waals surface area contributed by atoms with Crippen molar-refractivity contribution in [2.24, 2.45) is 9.98 Å². The molecular formula is C34H30N6NiO2. The zero-order valence-electron chi connectivity index (χ0n) is 24.2. The molecule has 8 nitrogen and oxygen atoms in total. The van der Waals surface area contributed by atoms with Crippen molar-refractivity contribution < 1.29 is 26.1 Å². The minimum atomic E-state index is -0.0764. The summed E-state index contributed by atoms with van der Waals surface area (Å²) in [5.41, 5.74) is 7.95. The Morgan fingerprint density at radius 1 is 0.535 bits per heavy atom. The molecule has 2 aromatic carbocycles. The monoisotopic (exact) mass is 612 g/mol. The van der Waals surface area contributed by atoms with Crippen molar-refractivity contribution in [3.8, 4) is 0 Å². The maximum Gasteiger partial charge on any atom is 0.204 e. The summed E-state index contributed by atoms with van der Waals surface area (Å²) in [5, 5.41) is 0. The number of nitrogens with zero attached hydrogens (tertiary/aromatic N) is 6.